The average Bonchev–Trinajstić information content (AvgIpc) is 2.55. The Balaban J connectivity index is 2.10. The zero-order chi connectivity index (χ0) is 17.7. The molecule has 0 aliphatic rings. The maximum Gasteiger partial charge on any atom is 0.289 e. The van der Waals surface area contributed by atoms with Gasteiger partial charge < -0.3 is 5.73 Å². The van der Waals surface area contributed by atoms with Crippen molar-refractivity contribution in [2.24, 2.45) is 5.73 Å². The Morgan fingerprint density at radius 2 is 1.88 bits per heavy atom. The average molecular weight is 349 g/mol. The minimum Gasteiger partial charge on any atom is -0.366 e. The first-order valence-electron chi connectivity index (χ1n) is 6.93. The fraction of sp³-hybridized carbons (Fsp3) is 0.133. The van der Waals surface area contributed by atoms with E-state index in [1.54, 1.807) is 24.3 Å². The number of carbonyl (C=O) groups is 1. The van der Waals surface area contributed by atoms with Crippen LogP contribution in [0.2, 0.25) is 0 Å². The number of sulfonamides is 1. The van der Waals surface area contributed by atoms with Crippen LogP contribution in [0.15, 0.2) is 53.4 Å². The lowest BCUT2D eigenvalue weighted by Gasteiger charge is -2.08. The van der Waals surface area contributed by atoms with Crippen LogP contribution in [0.1, 0.15) is 15.9 Å². The number of amides is 1. The Bertz CT molecular complexity index is 880. The van der Waals surface area contributed by atoms with E-state index in [1.807, 2.05) is 0 Å². The van der Waals surface area contributed by atoms with E-state index in [1.165, 1.54) is 18.2 Å². The van der Waals surface area contributed by atoms with Gasteiger partial charge in [-0.2, -0.15) is 0 Å². The van der Waals surface area contributed by atoms with Crippen molar-refractivity contribution in [3.63, 3.8) is 0 Å². The zero-order valence-electron chi connectivity index (χ0n) is 12.5. The van der Waals surface area contributed by atoms with Gasteiger partial charge in [0, 0.05) is 18.2 Å². The van der Waals surface area contributed by atoms with Crippen molar-refractivity contribution >= 4 is 21.6 Å². The summed E-state index contributed by atoms with van der Waals surface area (Å²) in [5.41, 5.74) is 5.75. The minimum atomic E-state index is -4.02. The fourth-order valence-electron chi connectivity index (χ4n) is 2.12. The SMILES string of the molecule is NC(=O)c1cccc(CCNS(=O)(=O)c2ccccc2[N+](=O)[O-])c1. The van der Waals surface area contributed by atoms with E-state index in [9.17, 15) is 23.3 Å². The highest BCUT2D eigenvalue weighted by Gasteiger charge is 2.24. The third kappa shape index (κ3) is 4.15. The van der Waals surface area contributed by atoms with E-state index in [2.05, 4.69) is 4.72 Å². The molecule has 0 fully saturated rings. The summed E-state index contributed by atoms with van der Waals surface area (Å²) in [6, 6.07) is 11.6. The third-order valence-corrected chi connectivity index (χ3v) is 4.78. The molecule has 1 amide bonds. The lowest BCUT2D eigenvalue weighted by Crippen LogP contribution is -2.26. The number of benzene rings is 2. The van der Waals surface area contributed by atoms with Crippen molar-refractivity contribution < 1.29 is 18.1 Å². The Kier molecular flexibility index (Phi) is 5.27. The van der Waals surface area contributed by atoms with E-state index in [0.717, 1.165) is 11.6 Å². The first kappa shape index (κ1) is 17.6. The monoisotopic (exact) mass is 349 g/mol. The van der Waals surface area contributed by atoms with Gasteiger partial charge in [0.15, 0.2) is 4.90 Å². The molecule has 8 nitrogen and oxygen atoms in total. The van der Waals surface area contributed by atoms with Crippen LogP contribution in [-0.4, -0.2) is 25.8 Å². The number of nitrogens with zero attached hydrogens (tertiary/aromatic N) is 1. The van der Waals surface area contributed by atoms with Crippen molar-refractivity contribution in [3.05, 3.63) is 69.8 Å². The summed E-state index contributed by atoms with van der Waals surface area (Å²) < 4.78 is 26.8. The van der Waals surface area contributed by atoms with Crippen LogP contribution in [0.25, 0.3) is 0 Å². The molecule has 2 rings (SSSR count). The van der Waals surface area contributed by atoms with Crippen molar-refractivity contribution in [3.8, 4) is 0 Å². The molecule has 0 heterocycles. The van der Waals surface area contributed by atoms with Crippen molar-refractivity contribution in [2.45, 2.75) is 11.3 Å². The van der Waals surface area contributed by atoms with Crippen LogP contribution in [0.5, 0.6) is 0 Å². The highest BCUT2D eigenvalue weighted by molar-refractivity contribution is 7.89. The standard InChI is InChI=1S/C15H15N3O5S/c16-15(19)12-5-3-4-11(10-12)8-9-17-24(22,23)14-7-2-1-6-13(14)18(20)21/h1-7,10,17H,8-9H2,(H2,16,19). The van der Waals surface area contributed by atoms with Gasteiger partial charge in [-0.25, -0.2) is 13.1 Å². The van der Waals surface area contributed by atoms with Gasteiger partial charge in [0.2, 0.25) is 15.9 Å². The topological polar surface area (TPSA) is 132 Å². The van der Waals surface area contributed by atoms with Gasteiger partial charge in [-0.05, 0) is 30.2 Å². The smallest absolute Gasteiger partial charge is 0.289 e. The van der Waals surface area contributed by atoms with Crippen LogP contribution in [-0.2, 0) is 16.4 Å². The van der Waals surface area contributed by atoms with Gasteiger partial charge >= 0.3 is 0 Å². The Morgan fingerprint density at radius 1 is 1.17 bits per heavy atom. The number of rotatable bonds is 7. The van der Waals surface area contributed by atoms with E-state index in [4.69, 9.17) is 5.73 Å². The molecule has 0 saturated carbocycles. The van der Waals surface area contributed by atoms with Gasteiger partial charge in [-0.3, -0.25) is 14.9 Å². The molecule has 0 radical (unpaired) electrons. The van der Waals surface area contributed by atoms with E-state index < -0.39 is 26.5 Å². The predicted molar refractivity (Wildman–Crippen MR) is 86.9 cm³/mol. The number of carbonyl (C=O) groups excluding carboxylic acids is 1. The quantitative estimate of drug-likeness (QED) is 0.573. The summed E-state index contributed by atoms with van der Waals surface area (Å²) in [4.78, 5) is 20.9. The summed E-state index contributed by atoms with van der Waals surface area (Å²) >= 11 is 0. The second-order valence-electron chi connectivity index (χ2n) is 4.94. The highest BCUT2D eigenvalue weighted by atomic mass is 32.2. The first-order chi connectivity index (χ1) is 11.3. The molecule has 24 heavy (non-hydrogen) atoms. The number of hydrogen-bond donors (Lipinski definition) is 2. The van der Waals surface area contributed by atoms with Gasteiger partial charge in [0.1, 0.15) is 0 Å². The van der Waals surface area contributed by atoms with Crippen LogP contribution >= 0.6 is 0 Å². The number of para-hydroxylation sites is 1. The number of nitro groups is 1. The number of primary amides is 1. The maximum absolute atomic E-state index is 12.2. The summed E-state index contributed by atoms with van der Waals surface area (Å²) in [5.74, 6) is -0.572. The third-order valence-electron chi connectivity index (χ3n) is 3.27. The minimum absolute atomic E-state index is 0.0244. The number of nitrogens with two attached hydrogens (primary N) is 1. The molecule has 0 bridgehead atoms. The summed E-state index contributed by atoms with van der Waals surface area (Å²) in [5, 5.41) is 10.9. The number of nitrogens with one attached hydrogen (secondary N) is 1. The fourth-order valence-corrected chi connectivity index (χ4v) is 3.32. The molecule has 0 saturated heterocycles. The number of nitro benzene ring substituents is 1. The molecule has 3 N–H and O–H groups in total. The van der Waals surface area contributed by atoms with Crippen molar-refractivity contribution in [1.82, 2.24) is 4.72 Å². The second kappa shape index (κ2) is 7.20. The molecule has 0 aliphatic carbocycles. The van der Waals surface area contributed by atoms with Crippen molar-refractivity contribution in [2.75, 3.05) is 6.54 Å². The lowest BCUT2D eigenvalue weighted by atomic mass is 10.1. The van der Waals surface area contributed by atoms with E-state index in [-0.39, 0.29) is 11.4 Å². The van der Waals surface area contributed by atoms with Crippen molar-refractivity contribution in [1.29, 1.82) is 0 Å². The largest absolute Gasteiger partial charge is 0.366 e. The summed E-state index contributed by atoms with van der Waals surface area (Å²) in [7, 11) is -4.02. The van der Waals surface area contributed by atoms with Crippen LogP contribution < -0.4 is 10.5 Å². The second-order valence-corrected chi connectivity index (χ2v) is 6.67. The van der Waals surface area contributed by atoms with Crippen LogP contribution in [0.4, 0.5) is 5.69 Å². The molecule has 0 spiro atoms. The predicted octanol–water partition coefficient (Wildman–Crippen LogP) is 1.21. The Labute approximate surface area is 138 Å². The van der Waals surface area contributed by atoms with Crippen LogP contribution in [0.3, 0.4) is 0 Å². The molecule has 9 heteroatoms. The Morgan fingerprint density at radius 3 is 2.54 bits per heavy atom. The molecule has 0 unspecified atom stereocenters. The van der Waals surface area contributed by atoms with Gasteiger partial charge in [0.05, 0.1) is 4.92 Å². The molecule has 0 aromatic heterocycles. The highest BCUT2D eigenvalue weighted by Crippen LogP contribution is 2.22. The summed E-state index contributed by atoms with van der Waals surface area (Å²) in [6.45, 7) is 0.0244. The number of hydrogen-bond acceptors (Lipinski definition) is 5. The lowest BCUT2D eigenvalue weighted by molar-refractivity contribution is -0.387. The van der Waals surface area contributed by atoms with E-state index in [0.29, 0.717) is 12.0 Å². The molecule has 0 atom stereocenters. The molecule has 2 aromatic rings. The molecule has 2 aromatic carbocycles. The van der Waals surface area contributed by atoms with Gasteiger partial charge in [-0.1, -0.05) is 24.3 Å². The van der Waals surface area contributed by atoms with Gasteiger partial charge in [-0.15, -0.1) is 0 Å². The Hall–Kier alpha value is -2.78. The maximum atomic E-state index is 12.2. The normalized spacial score (nSPS) is 11.2. The molecule has 126 valence electrons. The summed E-state index contributed by atoms with van der Waals surface area (Å²) in [6.07, 6.45) is 0.307. The zero-order valence-corrected chi connectivity index (χ0v) is 13.3. The molecular formula is C15H15N3O5S. The van der Waals surface area contributed by atoms with E-state index >= 15 is 0 Å². The molecular weight excluding hydrogens is 334 g/mol. The van der Waals surface area contributed by atoms with Crippen LogP contribution in [0, 0.1) is 10.1 Å². The first-order valence-corrected chi connectivity index (χ1v) is 8.41. The molecule has 0 aliphatic heterocycles. The van der Waals surface area contributed by atoms with Gasteiger partial charge in [0.25, 0.3) is 5.69 Å².